The van der Waals surface area contributed by atoms with Crippen LogP contribution in [-0.2, 0) is 0 Å². The number of aromatic nitrogens is 6. The Morgan fingerprint density at radius 1 is 0.256 bits per heavy atom. The van der Waals surface area contributed by atoms with Crippen LogP contribution < -0.4 is 0 Å². The van der Waals surface area contributed by atoms with Crippen molar-refractivity contribution in [1.82, 2.24) is 29.9 Å². The molecule has 0 atom stereocenters. The first-order valence-electron chi connectivity index (χ1n) is 25.6. The van der Waals surface area contributed by atoms with E-state index in [0.29, 0.717) is 34.2 Å². The van der Waals surface area contributed by atoms with Crippen LogP contribution in [0, 0.1) is 41.5 Å². The van der Waals surface area contributed by atoms with E-state index in [9.17, 15) is 0 Å². The number of aromatic amines is 2. The lowest BCUT2D eigenvalue weighted by molar-refractivity contribution is 1.20. The summed E-state index contributed by atoms with van der Waals surface area (Å²) in [6, 6.07) is 66.1. The standard InChI is InChI=1S/C66H50N6S6/c1-37-7-19-43(20-8-37)73-49-35-50-56(55(36-49)78-48-29-17-42(6)18-30-48)62-67-61(50)68-63-57-51(74-44-21-9-38(2)10-22-44)31-32-52(75-45-23-11-39(3)12-24-45)58(57)65(70-63)72-66-60-54(77-47-27-15-41(5)16-28-47)34-33-53(59(60)64(69-62)71-66)76-46-25-13-40(4)14-26-46/h7-36H,1-6H3,(H2,67,68,69,70,71,72). The average molecular weight is 1120 g/mol. The Kier molecular flexibility index (Phi) is 13.9. The molecule has 12 aromatic rings. The van der Waals surface area contributed by atoms with E-state index in [0.717, 1.165) is 91.4 Å². The molecule has 0 radical (unpaired) electrons. The number of rotatable bonds is 12. The Bertz CT molecular complexity index is 4340. The van der Waals surface area contributed by atoms with Gasteiger partial charge in [-0.3, -0.25) is 0 Å². The first-order valence-corrected chi connectivity index (χ1v) is 30.5. The predicted molar refractivity (Wildman–Crippen MR) is 330 cm³/mol. The summed E-state index contributed by atoms with van der Waals surface area (Å²) >= 11 is 10.4. The minimum Gasteiger partial charge on any atom is -0.324 e. The number of H-pyrrole nitrogens is 2. The van der Waals surface area contributed by atoms with Gasteiger partial charge in [0.25, 0.3) is 0 Å². The van der Waals surface area contributed by atoms with Crippen molar-refractivity contribution in [2.24, 2.45) is 0 Å². The van der Waals surface area contributed by atoms with Gasteiger partial charge in [-0.1, -0.05) is 177 Å². The maximum Gasteiger partial charge on any atom is 0.165 e. The van der Waals surface area contributed by atoms with E-state index in [4.69, 9.17) is 19.9 Å². The molecular formula is C66H50N6S6. The molecule has 0 saturated heterocycles. The molecule has 2 N–H and O–H groups in total. The van der Waals surface area contributed by atoms with E-state index < -0.39 is 0 Å². The van der Waals surface area contributed by atoms with Crippen LogP contribution in [0.4, 0.5) is 0 Å². The lowest BCUT2D eigenvalue weighted by atomic mass is 10.1. The zero-order valence-electron chi connectivity index (χ0n) is 43.6. The number of benzene rings is 9. The third-order valence-electron chi connectivity index (χ3n) is 13.6. The van der Waals surface area contributed by atoms with Gasteiger partial charge in [0.1, 0.15) is 22.6 Å². The molecule has 9 aromatic carbocycles. The number of nitrogens with one attached hydrogen (secondary N) is 2. The molecule has 0 amide bonds. The normalized spacial score (nSPS) is 11.8. The smallest absolute Gasteiger partial charge is 0.165 e. The van der Waals surface area contributed by atoms with Crippen molar-refractivity contribution in [3.05, 3.63) is 215 Å². The van der Waals surface area contributed by atoms with Crippen molar-refractivity contribution in [2.45, 2.75) is 100 Å². The van der Waals surface area contributed by atoms with Gasteiger partial charge in [-0.05, 0) is 151 Å². The van der Waals surface area contributed by atoms with Crippen molar-refractivity contribution in [2.75, 3.05) is 0 Å². The molecule has 4 heterocycles. The van der Waals surface area contributed by atoms with E-state index >= 15 is 0 Å². The van der Waals surface area contributed by atoms with Crippen LogP contribution in [0.1, 0.15) is 33.4 Å². The molecule has 0 unspecified atom stereocenters. The molecule has 1 aliphatic heterocycles. The summed E-state index contributed by atoms with van der Waals surface area (Å²) in [5.41, 5.74) is 11.9. The van der Waals surface area contributed by atoms with Crippen LogP contribution in [-0.4, -0.2) is 29.9 Å². The van der Waals surface area contributed by atoms with Gasteiger partial charge in [0.2, 0.25) is 0 Å². The van der Waals surface area contributed by atoms with Gasteiger partial charge in [-0.25, -0.2) is 19.9 Å². The van der Waals surface area contributed by atoms with Crippen LogP contribution in [0.15, 0.2) is 241 Å². The zero-order chi connectivity index (χ0) is 53.0. The minimum atomic E-state index is 0.588. The highest BCUT2D eigenvalue weighted by Crippen LogP contribution is 2.51. The maximum atomic E-state index is 5.76. The largest absolute Gasteiger partial charge is 0.324 e. The van der Waals surface area contributed by atoms with E-state index in [2.05, 4.69) is 234 Å². The molecular weight excluding hydrogens is 1070 g/mol. The van der Waals surface area contributed by atoms with Crippen molar-refractivity contribution >= 4 is 115 Å². The predicted octanol–water partition coefficient (Wildman–Crippen LogP) is 20.1. The molecule has 12 heteroatoms. The lowest BCUT2D eigenvalue weighted by Crippen LogP contribution is -1.90. The summed E-state index contributed by atoms with van der Waals surface area (Å²) in [7, 11) is 0. The first kappa shape index (κ1) is 50.6. The van der Waals surface area contributed by atoms with E-state index in [1.165, 1.54) is 33.4 Å². The molecule has 78 heavy (non-hydrogen) atoms. The number of hydrogen-bond acceptors (Lipinski definition) is 10. The molecule has 380 valence electrons. The third-order valence-corrected chi connectivity index (χ3v) is 19.9. The molecule has 0 fully saturated rings. The molecule has 6 bridgehead atoms. The highest BCUT2D eigenvalue weighted by atomic mass is 32.2. The van der Waals surface area contributed by atoms with Crippen molar-refractivity contribution in [3.63, 3.8) is 0 Å². The van der Waals surface area contributed by atoms with Gasteiger partial charge in [-0.15, -0.1) is 0 Å². The quantitative estimate of drug-likeness (QED) is 0.123. The summed E-state index contributed by atoms with van der Waals surface area (Å²) in [5.74, 6) is 1.18. The second-order valence-electron chi connectivity index (χ2n) is 19.7. The fourth-order valence-electron chi connectivity index (χ4n) is 9.47. The first-order chi connectivity index (χ1) is 38.0. The highest BCUT2D eigenvalue weighted by molar-refractivity contribution is 8.01. The van der Waals surface area contributed by atoms with Crippen LogP contribution in [0.25, 0.3) is 66.9 Å². The Morgan fingerprint density at radius 2 is 0.564 bits per heavy atom. The van der Waals surface area contributed by atoms with Crippen LogP contribution >= 0.6 is 70.6 Å². The molecule has 6 nitrogen and oxygen atoms in total. The molecule has 3 aromatic heterocycles. The number of nitrogens with zero attached hydrogens (tertiary/aromatic N) is 4. The monoisotopic (exact) mass is 1120 g/mol. The summed E-state index contributed by atoms with van der Waals surface area (Å²) in [6.07, 6.45) is 0. The Hall–Kier alpha value is -6.90. The van der Waals surface area contributed by atoms with Crippen molar-refractivity contribution in [3.8, 4) is 22.8 Å². The summed E-state index contributed by atoms with van der Waals surface area (Å²) < 4.78 is 0. The van der Waals surface area contributed by atoms with Gasteiger partial charge in [-0.2, -0.15) is 0 Å². The van der Waals surface area contributed by atoms with Gasteiger partial charge in [0.05, 0.1) is 0 Å². The summed E-state index contributed by atoms with van der Waals surface area (Å²) in [4.78, 5) is 43.7. The van der Waals surface area contributed by atoms with Gasteiger partial charge in [0, 0.05) is 91.4 Å². The number of aryl methyl sites for hydroxylation is 6. The topological polar surface area (TPSA) is 83.1 Å². The number of fused-ring (bicyclic) bond motifs is 15. The Morgan fingerprint density at radius 3 is 0.974 bits per heavy atom. The molecule has 0 aliphatic carbocycles. The molecule has 1 aliphatic rings. The molecule has 13 rings (SSSR count). The third kappa shape index (κ3) is 10.5. The van der Waals surface area contributed by atoms with Gasteiger partial charge < -0.3 is 9.97 Å². The van der Waals surface area contributed by atoms with E-state index in [1.54, 1.807) is 70.6 Å². The minimum absolute atomic E-state index is 0.588. The zero-order valence-corrected chi connectivity index (χ0v) is 48.5. The maximum absolute atomic E-state index is 5.76. The average Bonchev–Trinajstić information content (AvgIpc) is 4.29. The lowest BCUT2D eigenvalue weighted by Gasteiger charge is -2.13. The van der Waals surface area contributed by atoms with Crippen LogP contribution in [0.3, 0.4) is 0 Å². The SMILES string of the molecule is Cc1ccc(Sc2cc(Sc3ccc(C)cc3)c3c4nc5[nH]c(nc6nc(nc([nH]4)c3c2)-c2c(Sc3ccc(C)cc3)ccc(Sc3ccc(C)cc3)c2-6)c2c(Sc3ccc(C)cc3)ccc(Sc3ccc(C)cc3)c52)cc1. The number of hydrogen-bond donors (Lipinski definition) is 2. The fraction of sp³-hybridized carbons (Fsp3) is 0.0909. The summed E-state index contributed by atoms with van der Waals surface area (Å²) in [6.45, 7) is 12.8. The Balaban J connectivity index is 1.16. The highest BCUT2D eigenvalue weighted by Gasteiger charge is 2.29. The van der Waals surface area contributed by atoms with Crippen LogP contribution in [0.2, 0.25) is 0 Å². The molecule has 0 spiro atoms. The van der Waals surface area contributed by atoms with Crippen LogP contribution in [0.5, 0.6) is 0 Å². The van der Waals surface area contributed by atoms with Crippen molar-refractivity contribution in [1.29, 1.82) is 0 Å². The second kappa shape index (κ2) is 21.4. The van der Waals surface area contributed by atoms with Gasteiger partial charge in [0.15, 0.2) is 11.6 Å². The second-order valence-corrected chi connectivity index (χ2v) is 26.4. The van der Waals surface area contributed by atoms with E-state index in [1.807, 2.05) is 0 Å². The molecule has 0 saturated carbocycles. The van der Waals surface area contributed by atoms with Crippen molar-refractivity contribution < 1.29 is 0 Å². The van der Waals surface area contributed by atoms with Gasteiger partial charge >= 0.3 is 0 Å². The Labute approximate surface area is 479 Å². The summed E-state index contributed by atoms with van der Waals surface area (Å²) in [5, 5.41) is 3.89. The van der Waals surface area contributed by atoms with E-state index in [-0.39, 0.29) is 0 Å². The fourth-order valence-corrected chi connectivity index (χ4v) is 15.3.